The van der Waals surface area contributed by atoms with Crippen LogP contribution in [0.4, 0.5) is 0 Å². The van der Waals surface area contributed by atoms with Crippen LogP contribution in [0, 0.1) is 5.41 Å². The van der Waals surface area contributed by atoms with Crippen molar-refractivity contribution in [1.82, 2.24) is 5.32 Å². The van der Waals surface area contributed by atoms with Gasteiger partial charge in [-0.2, -0.15) is 0 Å². The maximum absolute atomic E-state index is 11.5. The van der Waals surface area contributed by atoms with E-state index in [9.17, 15) is 4.79 Å². The molecule has 1 aliphatic carbocycles. The lowest BCUT2D eigenvalue weighted by Gasteiger charge is -2.27. The second-order valence-electron chi connectivity index (χ2n) is 5.02. The van der Waals surface area contributed by atoms with Crippen LogP contribution in [0.15, 0.2) is 0 Å². The van der Waals surface area contributed by atoms with Gasteiger partial charge in [0, 0.05) is 19.0 Å². The van der Waals surface area contributed by atoms with Crippen molar-refractivity contribution in [2.45, 2.75) is 58.4 Å². The molecule has 0 spiro atoms. The summed E-state index contributed by atoms with van der Waals surface area (Å²) in [5.41, 5.74) is 5.96. The van der Waals surface area contributed by atoms with Crippen LogP contribution in [0.5, 0.6) is 0 Å². The zero-order valence-corrected chi connectivity index (χ0v) is 10.0. The number of rotatable bonds is 5. The van der Waals surface area contributed by atoms with Crippen LogP contribution >= 0.6 is 0 Å². The van der Waals surface area contributed by atoms with E-state index in [0.29, 0.717) is 11.8 Å². The molecule has 3 heteroatoms. The number of nitrogens with one attached hydrogen (secondary N) is 1. The Labute approximate surface area is 92.8 Å². The third kappa shape index (κ3) is 3.82. The minimum absolute atomic E-state index is 0.0360. The highest BCUT2D eigenvalue weighted by Crippen LogP contribution is 2.40. The molecule has 0 bridgehead atoms. The van der Waals surface area contributed by atoms with E-state index in [4.69, 9.17) is 5.73 Å². The molecule has 1 aliphatic rings. The van der Waals surface area contributed by atoms with Crippen molar-refractivity contribution < 1.29 is 4.79 Å². The van der Waals surface area contributed by atoms with Crippen LogP contribution in [0.2, 0.25) is 0 Å². The fourth-order valence-electron chi connectivity index (χ4n) is 2.43. The predicted octanol–water partition coefficient (Wildman–Crippen LogP) is 1.81. The third-order valence-corrected chi connectivity index (χ3v) is 3.58. The van der Waals surface area contributed by atoms with Gasteiger partial charge in [-0.15, -0.1) is 0 Å². The van der Waals surface area contributed by atoms with Gasteiger partial charge in [0.15, 0.2) is 0 Å². The number of nitrogens with two attached hydrogens (primary N) is 1. The average molecular weight is 212 g/mol. The van der Waals surface area contributed by atoms with Gasteiger partial charge in [0.1, 0.15) is 0 Å². The van der Waals surface area contributed by atoms with Crippen molar-refractivity contribution >= 4 is 5.91 Å². The van der Waals surface area contributed by atoms with Gasteiger partial charge in [-0.3, -0.25) is 4.79 Å². The predicted molar refractivity (Wildman–Crippen MR) is 62.5 cm³/mol. The summed E-state index contributed by atoms with van der Waals surface area (Å²) in [4.78, 5) is 11.5. The Morgan fingerprint density at radius 3 is 2.53 bits per heavy atom. The molecule has 1 fully saturated rings. The Kier molecular flexibility index (Phi) is 4.58. The van der Waals surface area contributed by atoms with Crippen molar-refractivity contribution in [1.29, 1.82) is 0 Å². The molecule has 1 saturated carbocycles. The average Bonchev–Trinajstić information content (AvgIpc) is 2.63. The highest BCUT2D eigenvalue weighted by atomic mass is 16.1. The molecule has 0 aromatic carbocycles. The van der Waals surface area contributed by atoms with Crippen LogP contribution in [0.25, 0.3) is 0 Å². The molecule has 15 heavy (non-hydrogen) atoms. The van der Waals surface area contributed by atoms with Crippen LogP contribution in [0.3, 0.4) is 0 Å². The molecule has 0 radical (unpaired) electrons. The van der Waals surface area contributed by atoms with Gasteiger partial charge in [0.25, 0.3) is 0 Å². The van der Waals surface area contributed by atoms with Crippen LogP contribution in [0.1, 0.15) is 52.4 Å². The molecule has 3 N–H and O–H groups in total. The molecule has 1 amide bonds. The Morgan fingerprint density at radius 1 is 1.47 bits per heavy atom. The summed E-state index contributed by atoms with van der Waals surface area (Å²) >= 11 is 0. The molecule has 1 rings (SSSR count). The number of carbonyl (C=O) groups is 1. The Bertz CT molecular complexity index is 208. The van der Waals surface area contributed by atoms with Crippen molar-refractivity contribution in [3.05, 3.63) is 0 Å². The number of hydrogen-bond acceptors (Lipinski definition) is 2. The molecular weight excluding hydrogens is 188 g/mol. The van der Waals surface area contributed by atoms with Crippen molar-refractivity contribution in [2.75, 3.05) is 6.54 Å². The Hall–Kier alpha value is -0.570. The first-order valence-corrected chi connectivity index (χ1v) is 6.10. The highest BCUT2D eigenvalue weighted by molar-refractivity contribution is 5.76. The van der Waals surface area contributed by atoms with E-state index in [-0.39, 0.29) is 11.9 Å². The number of carbonyl (C=O) groups excluding carboxylic acids is 1. The second kappa shape index (κ2) is 5.50. The van der Waals surface area contributed by atoms with Crippen LogP contribution in [-0.4, -0.2) is 18.5 Å². The largest absolute Gasteiger partial charge is 0.355 e. The van der Waals surface area contributed by atoms with Crippen molar-refractivity contribution in [3.63, 3.8) is 0 Å². The van der Waals surface area contributed by atoms with Crippen LogP contribution in [-0.2, 0) is 4.79 Å². The van der Waals surface area contributed by atoms with E-state index in [0.717, 1.165) is 6.54 Å². The summed E-state index contributed by atoms with van der Waals surface area (Å²) in [6.45, 7) is 4.93. The molecule has 0 aromatic rings. The molecule has 0 aromatic heterocycles. The smallest absolute Gasteiger partial charge is 0.221 e. The maximum Gasteiger partial charge on any atom is 0.221 e. The van der Waals surface area contributed by atoms with E-state index in [2.05, 4.69) is 12.2 Å². The topological polar surface area (TPSA) is 55.1 Å². The van der Waals surface area contributed by atoms with Gasteiger partial charge in [-0.1, -0.05) is 19.8 Å². The minimum Gasteiger partial charge on any atom is -0.355 e. The molecule has 0 saturated heterocycles. The molecule has 0 aliphatic heterocycles. The normalized spacial score (nSPS) is 21.3. The van der Waals surface area contributed by atoms with E-state index >= 15 is 0 Å². The quantitative estimate of drug-likeness (QED) is 0.730. The van der Waals surface area contributed by atoms with Gasteiger partial charge in [0.05, 0.1) is 0 Å². The first-order chi connectivity index (χ1) is 7.08. The zero-order valence-electron chi connectivity index (χ0n) is 10.0. The summed E-state index contributed by atoms with van der Waals surface area (Å²) < 4.78 is 0. The summed E-state index contributed by atoms with van der Waals surface area (Å²) in [6.07, 6.45) is 6.78. The molecule has 3 nitrogen and oxygen atoms in total. The summed E-state index contributed by atoms with van der Waals surface area (Å²) in [7, 11) is 0. The lowest BCUT2D eigenvalue weighted by molar-refractivity contribution is -0.121. The first kappa shape index (κ1) is 12.5. The number of hydrogen-bond donors (Lipinski definition) is 2. The van der Waals surface area contributed by atoms with Crippen LogP contribution < -0.4 is 11.1 Å². The molecule has 1 unspecified atom stereocenters. The van der Waals surface area contributed by atoms with Gasteiger partial charge in [-0.05, 0) is 31.6 Å². The van der Waals surface area contributed by atoms with Gasteiger partial charge in [-0.25, -0.2) is 0 Å². The third-order valence-electron chi connectivity index (χ3n) is 3.58. The van der Waals surface area contributed by atoms with Gasteiger partial charge in [0.2, 0.25) is 5.91 Å². The standard InChI is InChI=1S/C12H24N2O/c1-3-12(6-4-5-7-12)9-14-11(15)8-10(2)13/h10H,3-9,13H2,1-2H3,(H,14,15). The molecular formula is C12H24N2O. The second-order valence-corrected chi connectivity index (χ2v) is 5.02. The monoisotopic (exact) mass is 212 g/mol. The molecule has 0 heterocycles. The van der Waals surface area contributed by atoms with Crippen molar-refractivity contribution in [3.8, 4) is 0 Å². The fraction of sp³-hybridized carbons (Fsp3) is 0.917. The van der Waals surface area contributed by atoms with Gasteiger partial charge >= 0.3 is 0 Å². The summed E-state index contributed by atoms with van der Waals surface area (Å²) in [6, 6.07) is -0.0360. The lowest BCUT2D eigenvalue weighted by Crippen LogP contribution is -2.37. The van der Waals surface area contributed by atoms with E-state index in [1.54, 1.807) is 0 Å². The van der Waals surface area contributed by atoms with E-state index in [1.165, 1.54) is 32.1 Å². The SMILES string of the molecule is CCC1(CNC(=O)CC(C)N)CCCC1. The van der Waals surface area contributed by atoms with Crippen molar-refractivity contribution in [2.24, 2.45) is 11.1 Å². The van der Waals surface area contributed by atoms with E-state index in [1.807, 2.05) is 6.92 Å². The lowest BCUT2D eigenvalue weighted by atomic mass is 9.83. The molecule has 88 valence electrons. The number of amides is 1. The summed E-state index contributed by atoms with van der Waals surface area (Å²) in [5.74, 6) is 0.102. The first-order valence-electron chi connectivity index (χ1n) is 6.10. The minimum atomic E-state index is -0.0360. The summed E-state index contributed by atoms with van der Waals surface area (Å²) in [5, 5.41) is 3.03. The Morgan fingerprint density at radius 2 is 2.07 bits per heavy atom. The maximum atomic E-state index is 11.5. The van der Waals surface area contributed by atoms with E-state index < -0.39 is 0 Å². The fourth-order valence-corrected chi connectivity index (χ4v) is 2.43. The highest BCUT2D eigenvalue weighted by Gasteiger charge is 2.32. The molecule has 1 atom stereocenters. The Balaban J connectivity index is 2.31. The van der Waals surface area contributed by atoms with Gasteiger partial charge < -0.3 is 11.1 Å². The zero-order chi connectivity index (χ0) is 11.3.